The van der Waals surface area contributed by atoms with E-state index in [4.69, 9.17) is 40.4 Å². The van der Waals surface area contributed by atoms with Gasteiger partial charge in [-0.2, -0.15) is 0 Å². The van der Waals surface area contributed by atoms with Gasteiger partial charge in [0.2, 0.25) is 0 Å². The van der Waals surface area contributed by atoms with E-state index in [0.717, 1.165) is 58.2 Å². The fourth-order valence-electron chi connectivity index (χ4n) is 6.20. The summed E-state index contributed by atoms with van der Waals surface area (Å²) in [6, 6.07) is 22.3. The number of hydrogen-bond donors (Lipinski definition) is 1. The molecule has 0 spiro atoms. The number of nitrogens with one attached hydrogen (secondary N) is 1. The Labute approximate surface area is 251 Å². The molecule has 2 aliphatic heterocycles. The van der Waals surface area contributed by atoms with Crippen LogP contribution in [-0.4, -0.2) is 27.8 Å². The van der Waals surface area contributed by atoms with Crippen LogP contribution in [0.2, 0.25) is 10.0 Å². The summed E-state index contributed by atoms with van der Waals surface area (Å²) in [6.45, 7) is 8.67. The standard InChI is InChI=1S/C32H33Cl2N5S/c1-20-12-15-37(16-13-20)29-11-10-25(19-27(29)34)39-31(30(36-32(39)40)28-9-4-5-14-35-28)26-17-21(2)38(22(26)3)24-8-6-7-23(33)18-24/h4-11,14,17-20,30-31H,12-13,15-16H2,1-3H3,(H,36,40)/t30-,31-/m0/s1. The Hall–Kier alpha value is -3.06. The van der Waals surface area contributed by atoms with E-state index in [1.54, 1.807) is 0 Å². The molecule has 0 saturated carbocycles. The molecule has 2 saturated heterocycles. The molecule has 1 N–H and O–H groups in total. The summed E-state index contributed by atoms with van der Waals surface area (Å²) in [6.07, 6.45) is 4.21. The van der Waals surface area contributed by atoms with E-state index < -0.39 is 0 Å². The van der Waals surface area contributed by atoms with Crippen molar-refractivity contribution < 1.29 is 0 Å². The lowest BCUT2D eigenvalue weighted by Gasteiger charge is -2.33. The van der Waals surface area contributed by atoms with Crippen LogP contribution in [0.15, 0.2) is 72.9 Å². The Bertz CT molecular complexity index is 1540. The summed E-state index contributed by atoms with van der Waals surface area (Å²) in [5, 5.41) is 5.70. The molecule has 4 aromatic rings. The van der Waals surface area contributed by atoms with Gasteiger partial charge < -0.3 is 19.7 Å². The second-order valence-electron chi connectivity index (χ2n) is 10.9. The highest BCUT2D eigenvalue weighted by molar-refractivity contribution is 7.80. The second-order valence-corrected chi connectivity index (χ2v) is 12.2. The van der Waals surface area contributed by atoms with Gasteiger partial charge in [-0.05, 0) is 105 Å². The third kappa shape index (κ3) is 4.98. The largest absolute Gasteiger partial charge is 0.370 e. The Morgan fingerprint density at radius 2 is 1.73 bits per heavy atom. The predicted octanol–water partition coefficient (Wildman–Crippen LogP) is 8.21. The average molecular weight is 591 g/mol. The molecule has 0 aliphatic carbocycles. The normalized spacial score (nSPS) is 19.8. The molecule has 6 rings (SSSR count). The number of benzene rings is 2. The molecule has 2 aliphatic rings. The minimum absolute atomic E-state index is 0.126. The minimum Gasteiger partial charge on any atom is -0.370 e. The molecule has 0 bridgehead atoms. The van der Waals surface area contributed by atoms with E-state index in [2.05, 4.69) is 76.9 Å². The molecule has 8 heteroatoms. The molecule has 4 heterocycles. The van der Waals surface area contributed by atoms with Crippen LogP contribution >= 0.6 is 35.4 Å². The quantitative estimate of drug-likeness (QED) is 0.237. The lowest BCUT2D eigenvalue weighted by molar-refractivity contribution is 0.438. The summed E-state index contributed by atoms with van der Waals surface area (Å²) in [7, 11) is 0. The summed E-state index contributed by atoms with van der Waals surface area (Å²) in [5.41, 5.74) is 7.46. The van der Waals surface area contributed by atoms with E-state index in [1.165, 1.54) is 18.4 Å². The first-order chi connectivity index (χ1) is 19.3. The average Bonchev–Trinajstić information content (AvgIpc) is 3.44. The fraction of sp³-hybridized carbons (Fsp3) is 0.312. The molecule has 5 nitrogen and oxygen atoms in total. The van der Waals surface area contributed by atoms with Crippen molar-refractivity contribution in [3.63, 3.8) is 0 Å². The van der Waals surface area contributed by atoms with Crippen molar-refractivity contribution in [2.24, 2.45) is 5.92 Å². The van der Waals surface area contributed by atoms with Crippen LogP contribution in [0.5, 0.6) is 0 Å². The first kappa shape index (κ1) is 27.1. The van der Waals surface area contributed by atoms with Crippen molar-refractivity contribution in [3.05, 3.63) is 106 Å². The van der Waals surface area contributed by atoms with Gasteiger partial charge in [0.15, 0.2) is 5.11 Å². The van der Waals surface area contributed by atoms with E-state index in [9.17, 15) is 0 Å². The molecule has 0 amide bonds. The summed E-state index contributed by atoms with van der Waals surface area (Å²) in [4.78, 5) is 9.32. The van der Waals surface area contributed by atoms with Crippen molar-refractivity contribution in [1.29, 1.82) is 0 Å². The smallest absolute Gasteiger partial charge is 0.174 e. The molecule has 2 atom stereocenters. The first-order valence-corrected chi connectivity index (χ1v) is 15.0. The molecular weight excluding hydrogens is 557 g/mol. The highest BCUT2D eigenvalue weighted by Gasteiger charge is 2.42. The van der Waals surface area contributed by atoms with Crippen LogP contribution in [-0.2, 0) is 0 Å². The predicted molar refractivity (Wildman–Crippen MR) is 170 cm³/mol. The topological polar surface area (TPSA) is 36.3 Å². The zero-order chi connectivity index (χ0) is 28.0. The summed E-state index contributed by atoms with van der Waals surface area (Å²) >= 11 is 19.3. The highest BCUT2D eigenvalue weighted by atomic mass is 35.5. The van der Waals surface area contributed by atoms with Crippen LogP contribution in [0.3, 0.4) is 0 Å². The van der Waals surface area contributed by atoms with Crippen molar-refractivity contribution in [3.8, 4) is 5.69 Å². The number of aromatic nitrogens is 2. The maximum Gasteiger partial charge on any atom is 0.174 e. The zero-order valence-corrected chi connectivity index (χ0v) is 25.3. The van der Waals surface area contributed by atoms with Gasteiger partial charge in [0.25, 0.3) is 0 Å². The third-order valence-electron chi connectivity index (χ3n) is 8.29. The van der Waals surface area contributed by atoms with Gasteiger partial charge in [-0.25, -0.2) is 0 Å². The van der Waals surface area contributed by atoms with Crippen molar-refractivity contribution >= 4 is 51.9 Å². The molecule has 0 radical (unpaired) electrons. The number of pyridine rings is 1. The van der Waals surface area contributed by atoms with Gasteiger partial charge in [0.05, 0.1) is 28.5 Å². The van der Waals surface area contributed by atoms with Crippen LogP contribution in [0.4, 0.5) is 11.4 Å². The molecular formula is C32H33Cl2N5S. The number of halogens is 2. The molecule has 2 fully saturated rings. The van der Waals surface area contributed by atoms with E-state index in [0.29, 0.717) is 10.1 Å². The minimum atomic E-state index is -0.135. The highest BCUT2D eigenvalue weighted by Crippen LogP contribution is 2.45. The monoisotopic (exact) mass is 589 g/mol. The Kier molecular flexibility index (Phi) is 7.51. The van der Waals surface area contributed by atoms with Crippen molar-refractivity contribution in [1.82, 2.24) is 14.9 Å². The summed E-state index contributed by atoms with van der Waals surface area (Å²) in [5.74, 6) is 0.762. The van der Waals surface area contributed by atoms with Crippen LogP contribution in [0, 0.1) is 19.8 Å². The number of piperidine rings is 1. The Balaban J connectivity index is 1.44. The Morgan fingerprint density at radius 1 is 0.925 bits per heavy atom. The van der Waals surface area contributed by atoms with Gasteiger partial charge >= 0.3 is 0 Å². The van der Waals surface area contributed by atoms with E-state index >= 15 is 0 Å². The maximum absolute atomic E-state index is 6.97. The first-order valence-electron chi connectivity index (χ1n) is 13.8. The number of anilines is 2. The summed E-state index contributed by atoms with van der Waals surface area (Å²) < 4.78 is 2.25. The molecule has 0 unspecified atom stereocenters. The van der Waals surface area contributed by atoms with Crippen molar-refractivity contribution in [2.75, 3.05) is 22.9 Å². The SMILES string of the molecule is Cc1cc([C@H]2[C@H](c3ccccn3)NC(=S)N2c2ccc(N3CCC(C)CC3)c(Cl)c2)c(C)n1-c1cccc(Cl)c1. The molecule has 206 valence electrons. The number of hydrogen-bond acceptors (Lipinski definition) is 3. The second kappa shape index (κ2) is 11.1. The fourth-order valence-corrected chi connectivity index (χ4v) is 7.02. The van der Waals surface area contributed by atoms with Gasteiger partial charge in [-0.1, -0.05) is 42.3 Å². The van der Waals surface area contributed by atoms with Gasteiger partial charge in [0.1, 0.15) is 0 Å². The van der Waals surface area contributed by atoms with E-state index in [1.807, 2.05) is 36.5 Å². The molecule has 2 aromatic carbocycles. The van der Waals surface area contributed by atoms with Crippen molar-refractivity contribution in [2.45, 2.75) is 45.7 Å². The third-order valence-corrected chi connectivity index (χ3v) is 9.14. The van der Waals surface area contributed by atoms with E-state index in [-0.39, 0.29) is 12.1 Å². The molecule has 40 heavy (non-hydrogen) atoms. The number of nitrogens with zero attached hydrogens (tertiary/aromatic N) is 4. The van der Waals surface area contributed by atoms with Gasteiger partial charge in [0, 0.05) is 47.1 Å². The maximum atomic E-state index is 6.97. The number of thiocarbonyl (C=S) groups is 1. The lowest BCUT2D eigenvalue weighted by Crippen LogP contribution is -2.33. The number of rotatable bonds is 5. The van der Waals surface area contributed by atoms with Gasteiger partial charge in [-0.3, -0.25) is 4.98 Å². The van der Waals surface area contributed by atoms with Crippen LogP contribution < -0.4 is 15.1 Å². The lowest BCUT2D eigenvalue weighted by atomic mass is 9.96. The van der Waals surface area contributed by atoms with Gasteiger partial charge in [-0.15, -0.1) is 0 Å². The van der Waals surface area contributed by atoms with Crippen LogP contribution in [0.1, 0.15) is 54.5 Å². The van der Waals surface area contributed by atoms with Crippen LogP contribution in [0.25, 0.3) is 5.69 Å². The number of aryl methyl sites for hydroxylation is 1. The zero-order valence-electron chi connectivity index (χ0n) is 22.9. The Morgan fingerprint density at radius 3 is 2.42 bits per heavy atom. The molecule has 2 aromatic heterocycles.